The predicted molar refractivity (Wildman–Crippen MR) is 107 cm³/mol. The topological polar surface area (TPSA) is 81.1 Å². The molecule has 1 fully saturated rings. The highest BCUT2D eigenvalue weighted by atomic mass is 19.1. The fraction of sp³-hybridized carbons (Fsp3) is 0.381. The molecule has 2 N–H and O–H groups in total. The molecule has 1 aromatic carbocycles. The number of pyridine rings is 1. The van der Waals surface area contributed by atoms with E-state index in [1.807, 2.05) is 16.8 Å². The summed E-state index contributed by atoms with van der Waals surface area (Å²) in [6.45, 7) is 4.38. The molecule has 0 radical (unpaired) electrons. The normalized spacial score (nSPS) is 17.4. The molecule has 0 saturated carbocycles. The van der Waals surface area contributed by atoms with Gasteiger partial charge in [-0.05, 0) is 44.2 Å². The minimum absolute atomic E-state index is 0.0623. The van der Waals surface area contributed by atoms with E-state index in [1.165, 1.54) is 12.1 Å². The molecule has 29 heavy (non-hydrogen) atoms. The number of para-hydroxylation sites is 1. The van der Waals surface area contributed by atoms with E-state index in [1.54, 1.807) is 25.3 Å². The molecule has 1 amide bonds. The molecule has 4 rings (SSSR count). The third-order valence-electron chi connectivity index (χ3n) is 5.12. The lowest BCUT2D eigenvalue weighted by Crippen LogP contribution is -2.38. The molecule has 2 atom stereocenters. The molecule has 1 aliphatic rings. The third-order valence-corrected chi connectivity index (χ3v) is 5.12. The van der Waals surface area contributed by atoms with Crippen LogP contribution in [0.5, 0.6) is 5.75 Å². The van der Waals surface area contributed by atoms with E-state index < -0.39 is 11.9 Å². The van der Waals surface area contributed by atoms with Crippen LogP contribution >= 0.6 is 0 Å². The van der Waals surface area contributed by atoms with Crippen LogP contribution in [-0.4, -0.2) is 46.4 Å². The van der Waals surface area contributed by atoms with Crippen LogP contribution in [-0.2, 0) is 11.3 Å². The third kappa shape index (κ3) is 4.22. The van der Waals surface area contributed by atoms with Crippen molar-refractivity contribution in [2.75, 3.05) is 19.6 Å². The first-order chi connectivity index (χ1) is 14.1. The van der Waals surface area contributed by atoms with E-state index in [4.69, 9.17) is 9.84 Å². The van der Waals surface area contributed by atoms with Crippen molar-refractivity contribution in [3.05, 3.63) is 54.1 Å². The maximum absolute atomic E-state index is 13.7. The van der Waals surface area contributed by atoms with Crippen molar-refractivity contribution >= 4 is 16.9 Å². The lowest BCUT2D eigenvalue weighted by Gasteiger charge is -2.15. The molecule has 8 heteroatoms. The molecule has 1 aliphatic heterocycles. The average Bonchev–Trinajstić information content (AvgIpc) is 3.38. The number of benzene rings is 1. The average molecular weight is 397 g/mol. The maximum atomic E-state index is 13.7. The second-order valence-electron chi connectivity index (χ2n) is 7.15. The van der Waals surface area contributed by atoms with Crippen LogP contribution in [0, 0.1) is 5.82 Å². The van der Waals surface area contributed by atoms with E-state index in [9.17, 15) is 9.18 Å². The van der Waals surface area contributed by atoms with Crippen molar-refractivity contribution in [3.63, 3.8) is 0 Å². The van der Waals surface area contributed by atoms with Crippen molar-refractivity contribution in [1.29, 1.82) is 0 Å². The summed E-state index contributed by atoms with van der Waals surface area (Å²) < 4.78 is 20.9. The Labute approximate surface area is 168 Å². The van der Waals surface area contributed by atoms with Crippen molar-refractivity contribution in [2.45, 2.75) is 31.9 Å². The molecule has 0 aliphatic carbocycles. The number of nitrogens with zero attached hydrogens (tertiary/aromatic N) is 3. The lowest BCUT2D eigenvalue weighted by atomic mass is 10.0. The highest BCUT2D eigenvalue weighted by molar-refractivity contribution is 5.81. The summed E-state index contributed by atoms with van der Waals surface area (Å²) in [5.41, 5.74) is 1.87. The van der Waals surface area contributed by atoms with Crippen LogP contribution in [0.1, 0.15) is 25.0 Å². The molecule has 1 saturated heterocycles. The van der Waals surface area contributed by atoms with Gasteiger partial charge in [0.25, 0.3) is 5.91 Å². The second kappa shape index (κ2) is 8.57. The molecular formula is C21H24FN5O2. The van der Waals surface area contributed by atoms with Gasteiger partial charge in [-0.15, -0.1) is 0 Å². The number of hydrogen-bond acceptors (Lipinski definition) is 5. The minimum atomic E-state index is -0.806. The van der Waals surface area contributed by atoms with Gasteiger partial charge in [0.1, 0.15) is 0 Å². The molecule has 3 aromatic rings. The van der Waals surface area contributed by atoms with E-state index >= 15 is 0 Å². The number of hydrogen-bond donors (Lipinski definition) is 2. The van der Waals surface area contributed by atoms with Crippen LogP contribution in [0.3, 0.4) is 0 Å². The largest absolute Gasteiger partial charge is 0.478 e. The zero-order valence-corrected chi connectivity index (χ0v) is 16.3. The number of nitrogens with one attached hydrogen (secondary N) is 2. The summed E-state index contributed by atoms with van der Waals surface area (Å²) in [5, 5.41) is 12.0. The number of halogens is 1. The summed E-state index contributed by atoms with van der Waals surface area (Å²) in [7, 11) is 0. The predicted octanol–water partition coefficient (Wildman–Crippen LogP) is 2.23. The molecular weight excluding hydrogens is 373 g/mol. The van der Waals surface area contributed by atoms with Gasteiger partial charge < -0.3 is 15.4 Å². The zero-order chi connectivity index (χ0) is 20.2. The Bertz CT molecular complexity index is 1000. The quantitative estimate of drug-likeness (QED) is 0.639. The second-order valence-corrected chi connectivity index (χ2v) is 7.15. The van der Waals surface area contributed by atoms with Gasteiger partial charge in [0.2, 0.25) is 0 Å². The Morgan fingerprint density at radius 3 is 3.03 bits per heavy atom. The number of rotatable bonds is 7. The Hall–Kier alpha value is -3.00. The van der Waals surface area contributed by atoms with E-state index in [2.05, 4.69) is 15.6 Å². The number of aromatic nitrogens is 3. The van der Waals surface area contributed by atoms with E-state index in [-0.39, 0.29) is 11.7 Å². The van der Waals surface area contributed by atoms with Gasteiger partial charge in [-0.25, -0.2) is 14.1 Å². The number of ether oxygens (including phenoxy) is 1. The summed E-state index contributed by atoms with van der Waals surface area (Å²) in [6.07, 6.45) is 2.00. The van der Waals surface area contributed by atoms with E-state index in [0.29, 0.717) is 19.0 Å². The zero-order valence-electron chi connectivity index (χ0n) is 16.3. The van der Waals surface area contributed by atoms with Gasteiger partial charge >= 0.3 is 0 Å². The summed E-state index contributed by atoms with van der Waals surface area (Å²) in [6, 6.07) is 10.0. The Morgan fingerprint density at radius 2 is 2.24 bits per heavy atom. The number of carbonyl (C=O) groups is 1. The molecule has 0 spiro atoms. The Morgan fingerprint density at radius 1 is 1.38 bits per heavy atom. The summed E-state index contributed by atoms with van der Waals surface area (Å²) in [4.78, 5) is 16.8. The van der Waals surface area contributed by atoms with Crippen molar-refractivity contribution in [3.8, 4) is 5.75 Å². The SMILES string of the molecule is C[C@@H](Oc1ccccc1F)C(=O)NCCn1nc([C@@H]2CCNC2)c2cccnc21. The standard InChI is InChI=1S/C21H24FN5O2/c1-14(29-18-7-3-2-6-17(18)22)21(28)25-11-12-27-20-16(5-4-9-24-20)19(26-27)15-8-10-23-13-15/h2-7,9,14-15,23H,8,10-13H2,1H3,(H,25,28)/t14-,15-/m1/s1. The maximum Gasteiger partial charge on any atom is 0.260 e. The summed E-state index contributed by atoms with van der Waals surface area (Å²) >= 11 is 0. The van der Waals surface area contributed by atoms with E-state index in [0.717, 1.165) is 36.2 Å². The smallest absolute Gasteiger partial charge is 0.260 e. The van der Waals surface area contributed by atoms with Crippen molar-refractivity contribution < 1.29 is 13.9 Å². The number of carbonyl (C=O) groups excluding carboxylic acids is 1. The first-order valence-corrected chi connectivity index (χ1v) is 9.84. The van der Waals surface area contributed by atoms with Gasteiger partial charge in [-0.3, -0.25) is 4.79 Å². The number of amides is 1. The molecule has 3 heterocycles. The Balaban J connectivity index is 1.38. The first-order valence-electron chi connectivity index (χ1n) is 9.84. The highest BCUT2D eigenvalue weighted by Crippen LogP contribution is 2.27. The Kier molecular flexibility index (Phi) is 5.71. The molecule has 0 bridgehead atoms. The van der Waals surface area contributed by atoms with Crippen LogP contribution in [0.4, 0.5) is 4.39 Å². The number of fused-ring (bicyclic) bond motifs is 1. The van der Waals surface area contributed by atoms with Crippen LogP contribution in [0.15, 0.2) is 42.6 Å². The van der Waals surface area contributed by atoms with Crippen LogP contribution in [0.2, 0.25) is 0 Å². The van der Waals surface area contributed by atoms with Crippen molar-refractivity contribution in [2.24, 2.45) is 0 Å². The molecule has 2 aromatic heterocycles. The van der Waals surface area contributed by atoms with Gasteiger partial charge in [-0.1, -0.05) is 12.1 Å². The van der Waals surface area contributed by atoms with Crippen LogP contribution in [0.25, 0.3) is 11.0 Å². The monoisotopic (exact) mass is 397 g/mol. The lowest BCUT2D eigenvalue weighted by molar-refractivity contribution is -0.127. The van der Waals surface area contributed by atoms with Gasteiger partial charge in [0.05, 0.1) is 12.2 Å². The fourth-order valence-electron chi connectivity index (χ4n) is 3.59. The summed E-state index contributed by atoms with van der Waals surface area (Å²) in [5.74, 6) is -0.355. The molecule has 0 unspecified atom stereocenters. The first kappa shape index (κ1) is 19.3. The minimum Gasteiger partial charge on any atom is -0.478 e. The van der Waals surface area contributed by atoms with Gasteiger partial charge in [0.15, 0.2) is 23.3 Å². The molecule has 152 valence electrons. The van der Waals surface area contributed by atoms with Crippen molar-refractivity contribution in [1.82, 2.24) is 25.4 Å². The molecule has 7 nitrogen and oxygen atoms in total. The van der Waals surface area contributed by atoms with Crippen LogP contribution < -0.4 is 15.4 Å². The highest BCUT2D eigenvalue weighted by Gasteiger charge is 2.23. The van der Waals surface area contributed by atoms with Gasteiger partial charge in [-0.2, -0.15) is 5.10 Å². The fourth-order valence-corrected chi connectivity index (χ4v) is 3.59. The van der Waals surface area contributed by atoms with Gasteiger partial charge in [0, 0.05) is 30.6 Å².